The minimum absolute atomic E-state index is 0.131. The molecule has 1 amide bonds. The molecule has 32 heavy (non-hydrogen) atoms. The number of aromatic nitrogens is 3. The van der Waals surface area contributed by atoms with Crippen molar-refractivity contribution in [2.45, 2.75) is 5.16 Å². The lowest BCUT2D eigenvalue weighted by Gasteiger charge is -2.08. The van der Waals surface area contributed by atoms with E-state index in [-0.39, 0.29) is 17.6 Å². The highest BCUT2D eigenvalue weighted by Crippen LogP contribution is 2.24. The van der Waals surface area contributed by atoms with Crippen LogP contribution in [0.3, 0.4) is 0 Å². The Morgan fingerprint density at radius 1 is 1.16 bits per heavy atom. The number of thioether (sulfide) groups is 1. The third kappa shape index (κ3) is 4.98. The van der Waals surface area contributed by atoms with Crippen molar-refractivity contribution in [3.8, 4) is 5.75 Å². The van der Waals surface area contributed by atoms with E-state index in [0.717, 1.165) is 27.8 Å². The number of hydrogen-bond donors (Lipinski definition) is 3. The molecule has 4 aromatic rings. The molecule has 0 fully saturated rings. The Morgan fingerprint density at radius 3 is 2.84 bits per heavy atom. The van der Waals surface area contributed by atoms with Crippen LogP contribution < -0.4 is 21.3 Å². The lowest BCUT2D eigenvalue weighted by molar-refractivity contribution is -0.113. The van der Waals surface area contributed by atoms with E-state index >= 15 is 0 Å². The highest BCUT2D eigenvalue weighted by atomic mass is 32.2. The number of nitrogens with zero attached hydrogens (tertiary/aromatic N) is 4. The fourth-order valence-corrected chi connectivity index (χ4v) is 3.65. The standard InChI is InChI=1S/C22H21N7O2S/c1-31-17-9-4-6-15(12-17)13-24-26-21-27-28-22(29(21)23)32-14-20(30)25-19-11-5-8-16-7-2-3-10-18(16)19/h2-13H,14,23H2,1H3,(H,25,30)(H,26,27)/b24-13+. The van der Waals surface area contributed by atoms with Gasteiger partial charge in [0.2, 0.25) is 11.1 Å². The van der Waals surface area contributed by atoms with Crippen LogP contribution in [0.25, 0.3) is 10.8 Å². The summed E-state index contributed by atoms with van der Waals surface area (Å²) in [5.74, 6) is 6.97. The monoisotopic (exact) mass is 447 g/mol. The molecule has 0 saturated carbocycles. The molecule has 9 nitrogen and oxygen atoms in total. The molecule has 0 bridgehead atoms. The molecule has 0 saturated heterocycles. The van der Waals surface area contributed by atoms with Crippen LogP contribution >= 0.6 is 11.8 Å². The number of hydrazone groups is 1. The molecular formula is C22H21N7O2S. The first kappa shape index (κ1) is 21.2. The average molecular weight is 448 g/mol. The summed E-state index contributed by atoms with van der Waals surface area (Å²) in [6, 6.07) is 21.1. The van der Waals surface area contributed by atoms with Gasteiger partial charge in [-0.15, -0.1) is 10.2 Å². The van der Waals surface area contributed by atoms with Crippen molar-refractivity contribution in [1.82, 2.24) is 14.9 Å². The zero-order valence-electron chi connectivity index (χ0n) is 17.2. The van der Waals surface area contributed by atoms with Crippen LogP contribution in [0.15, 0.2) is 77.0 Å². The summed E-state index contributed by atoms with van der Waals surface area (Å²) in [6.07, 6.45) is 1.61. The number of anilines is 2. The Morgan fingerprint density at radius 2 is 1.97 bits per heavy atom. The summed E-state index contributed by atoms with van der Waals surface area (Å²) in [5.41, 5.74) is 4.35. The number of carbonyl (C=O) groups is 1. The van der Waals surface area contributed by atoms with Crippen molar-refractivity contribution in [2.24, 2.45) is 5.10 Å². The molecule has 0 radical (unpaired) electrons. The number of benzene rings is 3. The molecule has 0 aliphatic heterocycles. The summed E-state index contributed by atoms with van der Waals surface area (Å²) in [6.45, 7) is 0. The van der Waals surface area contributed by atoms with E-state index < -0.39 is 0 Å². The number of nitrogens with two attached hydrogens (primary N) is 1. The molecule has 0 unspecified atom stereocenters. The summed E-state index contributed by atoms with van der Waals surface area (Å²) in [4.78, 5) is 12.4. The SMILES string of the molecule is COc1cccc(/C=N/Nc2nnc(SCC(=O)Nc3cccc4ccccc34)n2N)c1. The third-order valence-corrected chi connectivity index (χ3v) is 5.48. The first-order valence-electron chi connectivity index (χ1n) is 9.68. The molecule has 0 atom stereocenters. The van der Waals surface area contributed by atoms with Crippen molar-refractivity contribution in [2.75, 3.05) is 29.4 Å². The Kier molecular flexibility index (Phi) is 6.52. The van der Waals surface area contributed by atoms with Crippen LogP contribution in [-0.4, -0.2) is 39.9 Å². The number of rotatable bonds is 8. The molecular weight excluding hydrogens is 426 g/mol. The Bertz CT molecular complexity index is 1270. The van der Waals surface area contributed by atoms with E-state index in [1.165, 1.54) is 16.4 Å². The van der Waals surface area contributed by atoms with Gasteiger partial charge in [0.15, 0.2) is 0 Å². The number of nitrogen functional groups attached to an aromatic ring is 1. The fourth-order valence-electron chi connectivity index (χ4n) is 2.99. The topological polar surface area (TPSA) is 119 Å². The Balaban J connectivity index is 1.34. The van der Waals surface area contributed by atoms with Gasteiger partial charge in [-0.2, -0.15) is 5.10 Å². The summed E-state index contributed by atoms with van der Waals surface area (Å²) in [7, 11) is 1.60. The third-order valence-electron chi connectivity index (χ3n) is 4.53. The largest absolute Gasteiger partial charge is 0.497 e. The number of carbonyl (C=O) groups excluding carboxylic acids is 1. The molecule has 162 valence electrons. The predicted octanol–water partition coefficient (Wildman–Crippen LogP) is 3.33. The molecule has 0 aliphatic carbocycles. The van der Waals surface area contributed by atoms with Gasteiger partial charge < -0.3 is 15.9 Å². The van der Waals surface area contributed by atoms with Crippen molar-refractivity contribution in [1.29, 1.82) is 0 Å². The Labute approximate surface area is 188 Å². The molecule has 1 heterocycles. The number of hydrogen-bond acceptors (Lipinski definition) is 8. The van der Waals surface area contributed by atoms with Crippen molar-refractivity contribution in [3.05, 3.63) is 72.3 Å². The number of nitrogens with one attached hydrogen (secondary N) is 2. The maximum Gasteiger partial charge on any atom is 0.264 e. The van der Waals surface area contributed by atoms with Crippen molar-refractivity contribution < 1.29 is 9.53 Å². The van der Waals surface area contributed by atoms with Crippen LogP contribution in [0.4, 0.5) is 11.6 Å². The van der Waals surface area contributed by atoms with E-state index in [1.807, 2.05) is 66.7 Å². The number of methoxy groups -OCH3 is 1. The van der Waals surface area contributed by atoms with Crippen molar-refractivity contribution >= 4 is 46.3 Å². The summed E-state index contributed by atoms with van der Waals surface area (Å²) in [5, 5.41) is 17.5. The Hall–Kier alpha value is -4.05. The van der Waals surface area contributed by atoms with Gasteiger partial charge in [0.05, 0.1) is 19.1 Å². The molecule has 0 aliphatic rings. The zero-order chi connectivity index (χ0) is 22.3. The van der Waals surface area contributed by atoms with Gasteiger partial charge in [-0.3, -0.25) is 4.79 Å². The summed E-state index contributed by atoms with van der Waals surface area (Å²) < 4.78 is 6.43. The van der Waals surface area contributed by atoms with E-state index in [9.17, 15) is 4.79 Å². The molecule has 1 aromatic heterocycles. The van der Waals surface area contributed by atoms with Crippen molar-refractivity contribution in [3.63, 3.8) is 0 Å². The number of ether oxygens (including phenoxy) is 1. The van der Waals surface area contributed by atoms with Crippen LogP contribution in [0, 0.1) is 0 Å². The molecule has 10 heteroatoms. The first-order valence-corrected chi connectivity index (χ1v) is 10.7. The van der Waals surface area contributed by atoms with Crippen LogP contribution in [0.2, 0.25) is 0 Å². The predicted molar refractivity (Wildman–Crippen MR) is 128 cm³/mol. The fraction of sp³-hybridized carbons (Fsp3) is 0.0909. The molecule has 4 N–H and O–H groups in total. The minimum Gasteiger partial charge on any atom is -0.497 e. The quantitative estimate of drug-likeness (QED) is 0.164. The van der Waals surface area contributed by atoms with Gasteiger partial charge in [0.1, 0.15) is 5.75 Å². The van der Waals surface area contributed by atoms with Gasteiger partial charge in [-0.25, -0.2) is 10.1 Å². The van der Waals surface area contributed by atoms with E-state index in [1.54, 1.807) is 13.3 Å². The zero-order valence-corrected chi connectivity index (χ0v) is 18.0. The van der Waals surface area contributed by atoms with E-state index in [0.29, 0.717) is 5.16 Å². The highest BCUT2D eigenvalue weighted by Gasteiger charge is 2.12. The molecule has 3 aromatic carbocycles. The molecule has 0 spiro atoms. The van der Waals surface area contributed by atoms with Gasteiger partial charge >= 0.3 is 0 Å². The number of amides is 1. The first-order chi connectivity index (χ1) is 15.6. The van der Waals surface area contributed by atoms with E-state index in [2.05, 4.69) is 26.0 Å². The second-order valence-corrected chi connectivity index (χ2v) is 7.63. The minimum atomic E-state index is -0.167. The van der Waals surface area contributed by atoms with Gasteiger partial charge in [0, 0.05) is 11.1 Å². The normalized spacial score (nSPS) is 11.0. The smallest absolute Gasteiger partial charge is 0.264 e. The second-order valence-electron chi connectivity index (χ2n) is 6.69. The summed E-state index contributed by atoms with van der Waals surface area (Å²) >= 11 is 1.18. The van der Waals surface area contributed by atoms with Crippen LogP contribution in [0.1, 0.15) is 5.56 Å². The number of fused-ring (bicyclic) bond motifs is 1. The van der Waals surface area contributed by atoms with Gasteiger partial charge in [-0.1, -0.05) is 60.3 Å². The van der Waals surface area contributed by atoms with E-state index in [4.69, 9.17) is 10.6 Å². The maximum atomic E-state index is 12.4. The molecule has 4 rings (SSSR count). The lowest BCUT2D eigenvalue weighted by Crippen LogP contribution is -2.17. The van der Waals surface area contributed by atoms with Crippen LogP contribution in [0.5, 0.6) is 5.75 Å². The van der Waals surface area contributed by atoms with Gasteiger partial charge in [0.25, 0.3) is 5.95 Å². The maximum absolute atomic E-state index is 12.4. The lowest BCUT2D eigenvalue weighted by atomic mass is 10.1. The second kappa shape index (κ2) is 9.84. The average Bonchev–Trinajstić information content (AvgIpc) is 3.17. The highest BCUT2D eigenvalue weighted by molar-refractivity contribution is 7.99. The van der Waals surface area contributed by atoms with Gasteiger partial charge in [-0.05, 0) is 29.1 Å². The van der Waals surface area contributed by atoms with Crippen LogP contribution in [-0.2, 0) is 4.79 Å².